The molecule has 33 heavy (non-hydrogen) atoms. The van der Waals surface area contributed by atoms with Crippen LogP contribution < -0.4 is 10.2 Å². The number of nitrogens with one attached hydrogen (secondary N) is 1. The fourth-order valence-electron chi connectivity index (χ4n) is 4.28. The van der Waals surface area contributed by atoms with Gasteiger partial charge in [0.05, 0.1) is 0 Å². The Labute approximate surface area is 197 Å². The summed E-state index contributed by atoms with van der Waals surface area (Å²) in [5, 5.41) is 3.05. The summed E-state index contributed by atoms with van der Waals surface area (Å²) in [7, 11) is 0. The number of nitrogens with zero attached hydrogens (tertiary/aromatic N) is 2. The van der Waals surface area contributed by atoms with Crippen LogP contribution in [0.3, 0.4) is 0 Å². The van der Waals surface area contributed by atoms with E-state index in [4.69, 9.17) is 4.74 Å². The predicted octanol–water partition coefficient (Wildman–Crippen LogP) is 4.06. The summed E-state index contributed by atoms with van der Waals surface area (Å²) >= 11 is 0. The van der Waals surface area contributed by atoms with Gasteiger partial charge in [-0.15, -0.1) is 0 Å². The lowest BCUT2D eigenvalue weighted by molar-refractivity contribution is -0.128. The maximum absolute atomic E-state index is 13.2. The predicted molar refractivity (Wildman–Crippen MR) is 129 cm³/mol. The monoisotopic (exact) mass is 455 g/mol. The van der Waals surface area contributed by atoms with Crippen molar-refractivity contribution in [1.82, 2.24) is 10.2 Å². The van der Waals surface area contributed by atoms with Crippen LogP contribution in [0.1, 0.15) is 59.4 Å². The van der Waals surface area contributed by atoms with Crippen LogP contribution in [0.5, 0.6) is 0 Å². The Morgan fingerprint density at radius 2 is 1.85 bits per heavy atom. The second-order valence-electron chi connectivity index (χ2n) is 10.2. The van der Waals surface area contributed by atoms with Crippen LogP contribution in [0.4, 0.5) is 10.5 Å². The van der Waals surface area contributed by atoms with Crippen molar-refractivity contribution in [1.29, 1.82) is 0 Å². The summed E-state index contributed by atoms with van der Waals surface area (Å²) in [6, 6.07) is 7.05. The molecule has 0 bridgehead atoms. The van der Waals surface area contributed by atoms with Crippen LogP contribution >= 0.6 is 0 Å². The molecule has 1 aromatic carbocycles. The first-order valence-electron chi connectivity index (χ1n) is 11.9. The summed E-state index contributed by atoms with van der Waals surface area (Å²) < 4.78 is 5.52. The molecule has 0 radical (unpaired) electrons. The number of anilines is 1. The molecule has 0 saturated carbocycles. The van der Waals surface area contributed by atoms with E-state index in [0.29, 0.717) is 19.5 Å². The third-order valence-corrected chi connectivity index (χ3v) is 6.06. The van der Waals surface area contributed by atoms with Gasteiger partial charge in [-0.1, -0.05) is 38.1 Å². The van der Waals surface area contributed by atoms with Gasteiger partial charge in [-0.05, 0) is 64.0 Å². The molecule has 180 valence electrons. The van der Waals surface area contributed by atoms with E-state index < -0.39 is 17.7 Å². The van der Waals surface area contributed by atoms with E-state index in [-0.39, 0.29) is 23.8 Å². The highest BCUT2D eigenvalue weighted by atomic mass is 16.6. The minimum atomic E-state index is -0.618. The molecule has 1 saturated heterocycles. The van der Waals surface area contributed by atoms with Gasteiger partial charge in [0.25, 0.3) is 5.91 Å². The Morgan fingerprint density at radius 3 is 2.55 bits per heavy atom. The lowest BCUT2D eigenvalue weighted by Gasteiger charge is -2.36. The summed E-state index contributed by atoms with van der Waals surface area (Å²) in [5.41, 5.74) is 1.51. The van der Waals surface area contributed by atoms with Gasteiger partial charge < -0.3 is 15.0 Å². The van der Waals surface area contributed by atoms with Crippen molar-refractivity contribution in [3.63, 3.8) is 0 Å². The van der Waals surface area contributed by atoms with Crippen LogP contribution in [0.15, 0.2) is 36.4 Å². The van der Waals surface area contributed by atoms with Crippen molar-refractivity contribution in [2.75, 3.05) is 18.0 Å². The van der Waals surface area contributed by atoms with Crippen LogP contribution in [0.2, 0.25) is 0 Å². The van der Waals surface area contributed by atoms with Gasteiger partial charge in [-0.2, -0.15) is 0 Å². The number of piperidine rings is 1. The Balaban J connectivity index is 1.66. The van der Waals surface area contributed by atoms with Gasteiger partial charge in [0.2, 0.25) is 5.91 Å². The van der Waals surface area contributed by atoms with Gasteiger partial charge >= 0.3 is 6.09 Å². The fourth-order valence-corrected chi connectivity index (χ4v) is 4.28. The summed E-state index contributed by atoms with van der Waals surface area (Å²) in [4.78, 5) is 42.0. The van der Waals surface area contributed by atoms with Gasteiger partial charge in [0, 0.05) is 30.9 Å². The number of fused-ring (bicyclic) bond motifs is 1. The molecular formula is C26H37N3O4. The minimum absolute atomic E-state index is 0.0856. The number of para-hydroxylation sites is 1. The normalized spacial score (nSPS) is 19.5. The largest absolute Gasteiger partial charge is 0.444 e. The van der Waals surface area contributed by atoms with Crippen molar-refractivity contribution in [2.24, 2.45) is 5.92 Å². The number of ether oxygens (including phenoxy) is 1. The Hall–Kier alpha value is -2.83. The molecule has 0 spiro atoms. The molecule has 7 nitrogen and oxygen atoms in total. The van der Waals surface area contributed by atoms with E-state index in [1.807, 2.05) is 58.9 Å². The molecule has 1 fully saturated rings. The molecule has 2 aliphatic heterocycles. The molecular weight excluding hydrogens is 418 g/mol. The maximum atomic E-state index is 13.2. The smallest absolute Gasteiger partial charge is 0.410 e. The second kappa shape index (κ2) is 10.4. The standard InChI is InChI=1S/C26H37N3O4/c1-18(2)20(13-14-23(30)28-17-15-19-10-6-7-11-21(19)28)27-24(31)22-12-8-9-16-29(22)25(32)33-26(3,4)5/h6-7,10-11,13-14,18,20,22H,8-9,12,15-17H2,1-5H3,(H,27,31). The topological polar surface area (TPSA) is 79.0 Å². The number of rotatable bonds is 5. The lowest BCUT2D eigenvalue weighted by atomic mass is 9.99. The number of carbonyl (C=O) groups is 3. The quantitative estimate of drug-likeness (QED) is 0.679. The average molecular weight is 456 g/mol. The van der Waals surface area contributed by atoms with E-state index in [0.717, 1.165) is 24.9 Å². The summed E-state index contributed by atoms with van der Waals surface area (Å²) in [5.74, 6) is -0.210. The summed E-state index contributed by atoms with van der Waals surface area (Å²) in [6.07, 6.45) is 6.05. The van der Waals surface area contributed by atoms with E-state index in [1.165, 1.54) is 10.5 Å². The van der Waals surface area contributed by atoms with Crippen LogP contribution in [0.25, 0.3) is 0 Å². The molecule has 0 aromatic heterocycles. The van der Waals surface area contributed by atoms with Gasteiger partial charge in [-0.3, -0.25) is 14.5 Å². The Morgan fingerprint density at radius 1 is 1.12 bits per heavy atom. The third kappa shape index (κ3) is 6.36. The maximum Gasteiger partial charge on any atom is 0.410 e. The van der Waals surface area contributed by atoms with Crippen LogP contribution in [-0.4, -0.2) is 53.6 Å². The highest BCUT2D eigenvalue weighted by molar-refractivity contribution is 6.03. The van der Waals surface area contributed by atoms with Gasteiger partial charge in [-0.25, -0.2) is 4.79 Å². The number of carbonyl (C=O) groups excluding carboxylic acids is 3. The lowest BCUT2D eigenvalue weighted by Crippen LogP contribution is -2.55. The minimum Gasteiger partial charge on any atom is -0.444 e. The molecule has 1 N–H and O–H groups in total. The van der Waals surface area contributed by atoms with Crippen LogP contribution in [-0.2, 0) is 20.7 Å². The van der Waals surface area contributed by atoms with Crippen molar-refractivity contribution < 1.29 is 19.1 Å². The Bertz CT molecular complexity index is 903. The zero-order valence-corrected chi connectivity index (χ0v) is 20.5. The number of likely N-dealkylation sites (tertiary alicyclic amines) is 1. The number of hydrogen-bond donors (Lipinski definition) is 1. The average Bonchev–Trinajstić information content (AvgIpc) is 3.19. The Kier molecular flexibility index (Phi) is 7.82. The summed E-state index contributed by atoms with van der Waals surface area (Å²) in [6.45, 7) is 10.6. The second-order valence-corrected chi connectivity index (χ2v) is 10.2. The molecule has 3 amide bonds. The van der Waals surface area contributed by atoms with Crippen molar-refractivity contribution in [2.45, 2.75) is 78.0 Å². The number of amides is 3. The zero-order chi connectivity index (χ0) is 24.2. The highest BCUT2D eigenvalue weighted by Gasteiger charge is 2.35. The van der Waals surface area contributed by atoms with Crippen molar-refractivity contribution in [3.8, 4) is 0 Å². The molecule has 3 rings (SSSR count). The SMILES string of the molecule is CC(C)C(C=CC(=O)N1CCc2ccccc21)NC(=O)C1CCCCN1C(=O)OC(C)(C)C. The first-order chi connectivity index (χ1) is 15.6. The molecule has 0 aliphatic carbocycles. The third-order valence-electron chi connectivity index (χ3n) is 6.06. The number of benzene rings is 1. The van der Waals surface area contributed by atoms with E-state index in [9.17, 15) is 14.4 Å². The van der Waals surface area contributed by atoms with Crippen molar-refractivity contribution >= 4 is 23.6 Å². The molecule has 2 aliphatic rings. The number of hydrogen-bond acceptors (Lipinski definition) is 4. The van der Waals surface area contributed by atoms with Gasteiger partial charge in [0.15, 0.2) is 0 Å². The molecule has 7 heteroatoms. The van der Waals surface area contributed by atoms with E-state index >= 15 is 0 Å². The molecule has 2 atom stereocenters. The fraction of sp³-hybridized carbons (Fsp3) is 0.577. The molecule has 2 unspecified atom stereocenters. The molecule has 2 heterocycles. The zero-order valence-electron chi connectivity index (χ0n) is 20.5. The van der Waals surface area contributed by atoms with E-state index in [2.05, 4.69) is 5.32 Å². The van der Waals surface area contributed by atoms with Crippen LogP contribution in [0, 0.1) is 5.92 Å². The first kappa shape index (κ1) is 24.8. The van der Waals surface area contributed by atoms with E-state index in [1.54, 1.807) is 17.1 Å². The first-order valence-corrected chi connectivity index (χ1v) is 11.9. The van der Waals surface area contributed by atoms with Crippen molar-refractivity contribution in [3.05, 3.63) is 42.0 Å². The van der Waals surface area contributed by atoms with Gasteiger partial charge in [0.1, 0.15) is 11.6 Å². The highest BCUT2D eigenvalue weighted by Crippen LogP contribution is 2.27. The molecule has 1 aromatic rings.